The second-order valence-electron chi connectivity index (χ2n) is 3.80. The molecule has 0 aromatic rings. The molecule has 0 saturated carbocycles. The molecule has 0 aliphatic carbocycles. The molecule has 1 aliphatic rings. The van der Waals surface area contributed by atoms with Crippen molar-refractivity contribution in [3.8, 4) is 0 Å². The summed E-state index contributed by atoms with van der Waals surface area (Å²) in [7, 11) is 0. The van der Waals surface area contributed by atoms with E-state index in [9.17, 15) is 0 Å². The summed E-state index contributed by atoms with van der Waals surface area (Å²) >= 11 is 5.76. The Morgan fingerprint density at radius 3 is 2.92 bits per heavy atom. The van der Waals surface area contributed by atoms with Crippen LogP contribution in [0.3, 0.4) is 0 Å². The molecule has 1 atom stereocenters. The Labute approximate surface area is 85.2 Å². The Balaban J connectivity index is 2.39. The zero-order valence-electron chi connectivity index (χ0n) is 8.01. The molecule has 3 heteroatoms. The highest BCUT2D eigenvalue weighted by Crippen LogP contribution is 2.17. The van der Waals surface area contributed by atoms with E-state index in [-0.39, 0.29) is 0 Å². The number of likely N-dealkylation sites (tertiary alicyclic amines) is 1. The van der Waals surface area contributed by atoms with Gasteiger partial charge in [-0.1, -0.05) is 24.6 Å². The van der Waals surface area contributed by atoms with Gasteiger partial charge in [-0.25, -0.2) is 0 Å². The zero-order valence-corrected chi connectivity index (χ0v) is 8.76. The molecular weight excluding hydrogens is 186 g/mol. The van der Waals surface area contributed by atoms with Gasteiger partial charge in [-0.05, 0) is 25.3 Å². The van der Waals surface area contributed by atoms with E-state index in [4.69, 9.17) is 16.7 Å². The smallest absolute Gasteiger partial charge is 0.0471 e. The van der Waals surface area contributed by atoms with Gasteiger partial charge in [-0.15, -0.1) is 0 Å². The van der Waals surface area contributed by atoms with Crippen LogP contribution in [0.1, 0.15) is 19.3 Å². The first kappa shape index (κ1) is 11.0. The molecular formula is C10H18ClNO. The maximum absolute atomic E-state index is 9.09. The second kappa shape index (κ2) is 5.63. The quantitative estimate of drug-likeness (QED) is 0.757. The Kier molecular flexibility index (Phi) is 4.78. The highest BCUT2D eigenvalue weighted by atomic mass is 35.5. The molecule has 1 N–H and O–H groups in total. The van der Waals surface area contributed by atoms with E-state index in [0.29, 0.717) is 17.6 Å². The van der Waals surface area contributed by atoms with Gasteiger partial charge < -0.3 is 5.11 Å². The number of aliphatic hydroxyl groups is 1. The molecule has 0 spiro atoms. The molecule has 1 fully saturated rings. The van der Waals surface area contributed by atoms with Gasteiger partial charge in [0.15, 0.2) is 0 Å². The predicted molar refractivity (Wildman–Crippen MR) is 55.9 cm³/mol. The molecule has 13 heavy (non-hydrogen) atoms. The summed E-state index contributed by atoms with van der Waals surface area (Å²) in [5.74, 6) is 0.429. The van der Waals surface area contributed by atoms with Crippen molar-refractivity contribution in [1.82, 2.24) is 4.90 Å². The Morgan fingerprint density at radius 1 is 1.54 bits per heavy atom. The highest BCUT2D eigenvalue weighted by molar-refractivity contribution is 6.29. The standard InChI is InChI=1S/C10H18ClNO/c1-9(11)6-12-5-3-2-4-10(7-12)8-13/h10,13H,1-8H2. The van der Waals surface area contributed by atoms with Crippen LogP contribution in [0.2, 0.25) is 0 Å². The minimum atomic E-state index is 0.297. The molecule has 76 valence electrons. The van der Waals surface area contributed by atoms with Gasteiger partial charge in [0.05, 0.1) is 0 Å². The summed E-state index contributed by atoms with van der Waals surface area (Å²) in [4.78, 5) is 2.28. The van der Waals surface area contributed by atoms with E-state index in [0.717, 1.165) is 26.1 Å². The molecule has 1 heterocycles. The molecule has 1 unspecified atom stereocenters. The average molecular weight is 204 g/mol. The van der Waals surface area contributed by atoms with Crippen molar-refractivity contribution in [3.63, 3.8) is 0 Å². The van der Waals surface area contributed by atoms with Crippen molar-refractivity contribution in [2.24, 2.45) is 5.92 Å². The van der Waals surface area contributed by atoms with Crippen LogP contribution in [-0.2, 0) is 0 Å². The van der Waals surface area contributed by atoms with Gasteiger partial charge in [0.2, 0.25) is 0 Å². The molecule has 1 aliphatic heterocycles. The lowest BCUT2D eigenvalue weighted by atomic mass is 10.1. The van der Waals surface area contributed by atoms with Crippen LogP contribution in [0, 0.1) is 5.92 Å². The third-order valence-corrected chi connectivity index (χ3v) is 2.63. The van der Waals surface area contributed by atoms with Gasteiger partial charge in [0, 0.05) is 24.7 Å². The van der Waals surface area contributed by atoms with Crippen LogP contribution in [0.5, 0.6) is 0 Å². The number of hydrogen-bond donors (Lipinski definition) is 1. The maximum Gasteiger partial charge on any atom is 0.0471 e. The lowest BCUT2D eigenvalue weighted by Gasteiger charge is -2.22. The fourth-order valence-corrected chi connectivity index (χ4v) is 2.02. The van der Waals surface area contributed by atoms with Crippen LogP contribution in [-0.4, -0.2) is 36.2 Å². The number of nitrogens with zero attached hydrogens (tertiary/aromatic N) is 1. The number of rotatable bonds is 3. The first-order valence-electron chi connectivity index (χ1n) is 4.89. The summed E-state index contributed by atoms with van der Waals surface area (Å²) < 4.78 is 0. The number of hydrogen-bond acceptors (Lipinski definition) is 2. The topological polar surface area (TPSA) is 23.5 Å². The van der Waals surface area contributed by atoms with E-state index in [1.54, 1.807) is 0 Å². The van der Waals surface area contributed by atoms with Crippen LogP contribution in [0.25, 0.3) is 0 Å². The van der Waals surface area contributed by atoms with Gasteiger partial charge in [-0.2, -0.15) is 0 Å². The molecule has 1 rings (SSSR count). The first-order valence-corrected chi connectivity index (χ1v) is 5.26. The monoisotopic (exact) mass is 203 g/mol. The van der Waals surface area contributed by atoms with E-state index in [2.05, 4.69) is 11.5 Å². The van der Waals surface area contributed by atoms with Crippen molar-refractivity contribution >= 4 is 11.6 Å². The van der Waals surface area contributed by atoms with Crippen LogP contribution < -0.4 is 0 Å². The maximum atomic E-state index is 9.09. The molecule has 0 aromatic carbocycles. The van der Waals surface area contributed by atoms with Crippen molar-refractivity contribution in [2.75, 3.05) is 26.2 Å². The summed E-state index contributed by atoms with van der Waals surface area (Å²) in [5.41, 5.74) is 0. The minimum Gasteiger partial charge on any atom is -0.396 e. The minimum absolute atomic E-state index is 0.297. The molecule has 2 nitrogen and oxygen atoms in total. The van der Waals surface area contributed by atoms with E-state index < -0.39 is 0 Å². The second-order valence-corrected chi connectivity index (χ2v) is 4.33. The van der Waals surface area contributed by atoms with Crippen molar-refractivity contribution in [1.29, 1.82) is 0 Å². The SMILES string of the molecule is C=C(Cl)CN1CCCCC(CO)C1. The third-order valence-electron chi connectivity index (χ3n) is 2.51. The fourth-order valence-electron chi connectivity index (χ4n) is 1.85. The highest BCUT2D eigenvalue weighted by Gasteiger charge is 2.17. The van der Waals surface area contributed by atoms with E-state index >= 15 is 0 Å². The summed E-state index contributed by atoms with van der Waals surface area (Å²) in [6.07, 6.45) is 3.57. The van der Waals surface area contributed by atoms with Crippen molar-refractivity contribution in [2.45, 2.75) is 19.3 Å². The Morgan fingerprint density at radius 2 is 2.31 bits per heavy atom. The summed E-state index contributed by atoms with van der Waals surface area (Å²) in [6.45, 7) is 6.80. The van der Waals surface area contributed by atoms with E-state index in [1.807, 2.05) is 0 Å². The number of halogens is 1. The summed E-state index contributed by atoms with van der Waals surface area (Å²) in [6, 6.07) is 0. The van der Waals surface area contributed by atoms with Gasteiger partial charge >= 0.3 is 0 Å². The summed E-state index contributed by atoms with van der Waals surface area (Å²) in [5, 5.41) is 9.78. The number of aliphatic hydroxyl groups excluding tert-OH is 1. The first-order chi connectivity index (χ1) is 6.22. The van der Waals surface area contributed by atoms with Gasteiger partial charge in [-0.3, -0.25) is 4.90 Å². The van der Waals surface area contributed by atoms with Crippen molar-refractivity contribution in [3.05, 3.63) is 11.6 Å². The molecule has 0 radical (unpaired) electrons. The van der Waals surface area contributed by atoms with Gasteiger partial charge in [0.25, 0.3) is 0 Å². The lowest BCUT2D eigenvalue weighted by molar-refractivity contribution is 0.180. The normalized spacial score (nSPS) is 25.5. The van der Waals surface area contributed by atoms with Crippen LogP contribution >= 0.6 is 11.6 Å². The van der Waals surface area contributed by atoms with Crippen LogP contribution in [0.4, 0.5) is 0 Å². The lowest BCUT2D eigenvalue weighted by Crippen LogP contribution is -2.30. The molecule has 0 bridgehead atoms. The third kappa shape index (κ3) is 4.12. The van der Waals surface area contributed by atoms with E-state index in [1.165, 1.54) is 12.8 Å². The van der Waals surface area contributed by atoms with Gasteiger partial charge in [0.1, 0.15) is 0 Å². The average Bonchev–Trinajstić information content (AvgIpc) is 2.28. The molecule has 1 saturated heterocycles. The predicted octanol–water partition coefficient (Wildman–Crippen LogP) is 1.83. The Hall–Kier alpha value is -0.0500. The van der Waals surface area contributed by atoms with Crippen LogP contribution in [0.15, 0.2) is 11.6 Å². The van der Waals surface area contributed by atoms with Crippen molar-refractivity contribution < 1.29 is 5.11 Å². The zero-order chi connectivity index (χ0) is 9.68. The molecule has 0 aromatic heterocycles. The fraction of sp³-hybridized carbons (Fsp3) is 0.800. The molecule has 0 amide bonds. The Bertz CT molecular complexity index is 172. The largest absolute Gasteiger partial charge is 0.396 e.